The number of hydrogen-bond acceptors (Lipinski definition) is 3. The standard InChI is InChI=1S/C16H25N3O2/c1-4-7-15(20)19-14-9-6-8-13(12(14)3)18-11-16(21)17-10-5-2/h6,8-9,18H,4-5,7,10-11H2,1-3H3,(H,17,21)(H,19,20). The van der Waals surface area contributed by atoms with Crippen LogP contribution in [-0.4, -0.2) is 24.9 Å². The van der Waals surface area contributed by atoms with Gasteiger partial charge in [-0.15, -0.1) is 0 Å². The molecule has 0 radical (unpaired) electrons. The molecule has 5 heteroatoms. The Kier molecular flexibility index (Phi) is 7.29. The van der Waals surface area contributed by atoms with Gasteiger partial charge in [0.1, 0.15) is 0 Å². The summed E-state index contributed by atoms with van der Waals surface area (Å²) in [5.74, 6) is -0.0184. The van der Waals surface area contributed by atoms with E-state index in [0.29, 0.717) is 13.0 Å². The summed E-state index contributed by atoms with van der Waals surface area (Å²) in [5, 5.41) is 8.81. The van der Waals surface area contributed by atoms with Gasteiger partial charge in [0.25, 0.3) is 0 Å². The van der Waals surface area contributed by atoms with E-state index in [0.717, 1.165) is 29.8 Å². The second kappa shape index (κ2) is 9.00. The molecule has 0 bridgehead atoms. The van der Waals surface area contributed by atoms with Crippen molar-refractivity contribution in [1.82, 2.24) is 5.32 Å². The fourth-order valence-electron chi connectivity index (χ4n) is 1.90. The molecule has 0 aromatic heterocycles. The minimum atomic E-state index is -0.0309. The van der Waals surface area contributed by atoms with E-state index < -0.39 is 0 Å². The van der Waals surface area contributed by atoms with Gasteiger partial charge >= 0.3 is 0 Å². The molecule has 0 unspecified atom stereocenters. The topological polar surface area (TPSA) is 70.2 Å². The zero-order chi connectivity index (χ0) is 15.7. The normalized spacial score (nSPS) is 10.0. The predicted octanol–water partition coefficient (Wildman–Crippen LogP) is 2.67. The summed E-state index contributed by atoms with van der Waals surface area (Å²) in [6.07, 6.45) is 2.25. The van der Waals surface area contributed by atoms with Crippen molar-refractivity contribution in [3.05, 3.63) is 23.8 Å². The molecule has 0 atom stereocenters. The van der Waals surface area contributed by atoms with Gasteiger partial charge < -0.3 is 16.0 Å². The molecule has 0 aliphatic heterocycles. The highest BCUT2D eigenvalue weighted by atomic mass is 16.2. The molecule has 1 aromatic rings. The Morgan fingerprint density at radius 3 is 2.43 bits per heavy atom. The van der Waals surface area contributed by atoms with Crippen LogP contribution in [0.1, 0.15) is 38.7 Å². The van der Waals surface area contributed by atoms with Gasteiger partial charge in [0.15, 0.2) is 0 Å². The van der Waals surface area contributed by atoms with Gasteiger partial charge in [0.2, 0.25) is 11.8 Å². The third-order valence-corrected chi connectivity index (χ3v) is 3.10. The summed E-state index contributed by atoms with van der Waals surface area (Å²) in [7, 11) is 0. The van der Waals surface area contributed by atoms with E-state index in [1.54, 1.807) is 0 Å². The van der Waals surface area contributed by atoms with Gasteiger partial charge in [-0.25, -0.2) is 0 Å². The molecule has 116 valence electrons. The first-order valence-electron chi connectivity index (χ1n) is 7.48. The maximum absolute atomic E-state index is 11.7. The number of rotatable bonds is 8. The Labute approximate surface area is 126 Å². The lowest BCUT2D eigenvalue weighted by Crippen LogP contribution is -2.30. The van der Waals surface area contributed by atoms with Crippen LogP contribution in [0.2, 0.25) is 0 Å². The fourth-order valence-corrected chi connectivity index (χ4v) is 1.90. The summed E-state index contributed by atoms with van der Waals surface area (Å²) in [5.41, 5.74) is 2.58. The van der Waals surface area contributed by atoms with Crippen molar-refractivity contribution >= 4 is 23.2 Å². The molecular weight excluding hydrogens is 266 g/mol. The average molecular weight is 291 g/mol. The highest BCUT2D eigenvalue weighted by molar-refractivity contribution is 5.92. The summed E-state index contributed by atoms with van der Waals surface area (Å²) >= 11 is 0. The van der Waals surface area contributed by atoms with E-state index in [4.69, 9.17) is 0 Å². The van der Waals surface area contributed by atoms with Crippen molar-refractivity contribution < 1.29 is 9.59 Å². The number of benzene rings is 1. The van der Waals surface area contributed by atoms with E-state index in [2.05, 4.69) is 16.0 Å². The predicted molar refractivity (Wildman–Crippen MR) is 86.5 cm³/mol. The highest BCUT2D eigenvalue weighted by Gasteiger charge is 2.08. The second-order valence-corrected chi connectivity index (χ2v) is 4.98. The zero-order valence-corrected chi connectivity index (χ0v) is 13.1. The molecule has 0 aliphatic carbocycles. The monoisotopic (exact) mass is 291 g/mol. The Bertz CT molecular complexity index is 486. The molecule has 1 aromatic carbocycles. The lowest BCUT2D eigenvalue weighted by atomic mass is 10.1. The maximum Gasteiger partial charge on any atom is 0.239 e. The molecule has 5 nitrogen and oxygen atoms in total. The highest BCUT2D eigenvalue weighted by Crippen LogP contribution is 2.23. The van der Waals surface area contributed by atoms with Gasteiger partial charge in [-0.3, -0.25) is 9.59 Å². The van der Waals surface area contributed by atoms with Gasteiger partial charge in [-0.1, -0.05) is 19.9 Å². The van der Waals surface area contributed by atoms with Crippen LogP contribution in [0.3, 0.4) is 0 Å². The minimum Gasteiger partial charge on any atom is -0.376 e. The number of carbonyl (C=O) groups excluding carboxylic acids is 2. The van der Waals surface area contributed by atoms with Crippen LogP contribution in [0.5, 0.6) is 0 Å². The molecule has 0 fully saturated rings. The van der Waals surface area contributed by atoms with Crippen LogP contribution in [0.25, 0.3) is 0 Å². The smallest absolute Gasteiger partial charge is 0.239 e. The van der Waals surface area contributed by atoms with E-state index in [-0.39, 0.29) is 18.4 Å². The minimum absolute atomic E-state index is 0.0124. The maximum atomic E-state index is 11.7. The Morgan fingerprint density at radius 1 is 1.05 bits per heavy atom. The fraction of sp³-hybridized carbons (Fsp3) is 0.500. The summed E-state index contributed by atoms with van der Waals surface area (Å²) in [6.45, 7) is 6.83. The summed E-state index contributed by atoms with van der Waals surface area (Å²) < 4.78 is 0. The number of hydrogen-bond donors (Lipinski definition) is 3. The SMILES string of the molecule is CCCNC(=O)CNc1cccc(NC(=O)CCC)c1C. The van der Waals surface area contributed by atoms with E-state index in [1.165, 1.54) is 0 Å². The number of carbonyl (C=O) groups is 2. The first-order chi connectivity index (χ1) is 10.1. The van der Waals surface area contributed by atoms with Gasteiger partial charge in [-0.05, 0) is 37.5 Å². The quantitative estimate of drug-likeness (QED) is 0.689. The van der Waals surface area contributed by atoms with Crippen molar-refractivity contribution in [3.8, 4) is 0 Å². The largest absolute Gasteiger partial charge is 0.376 e. The van der Waals surface area contributed by atoms with E-state index in [1.807, 2.05) is 39.0 Å². The first kappa shape index (κ1) is 17.0. The molecular formula is C16H25N3O2. The first-order valence-corrected chi connectivity index (χ1v) is 7.48. The molecule has 0 saturated heterocycles. The second-order valence-electron chi connectivity index (χ2n) is 4.98. The Morgan fingerprint density at radius 2 is 1.76 bits per heavy atom. The molecule has 0 aliphatic rings. The molecule has 3 N–H and O–H groups in total. The Balaban J connectivity index is 2.63. The Hall–Kier alpha value is -2.04. The van der Waals surface area contributed by atoms with Crippen LogP contribution in [0.4, 0.5) is 11.4 Å². The molecule has 0 spiro atoms. The third kappa shape index (κ3) is 5.85. The number of anilines is 2. The average Bonchev–Trinajstić information content (AvgIpc) is 2.46. The molecule has 0 heterocycles. The van der Waals surface area contributed by atoms with Gasteiger partial charge in [0.05, 0.1) is 6.54 Å². The van der Waals surface area contributed by atoms with Crippen LogP contribution >= 0.6 is 0 Å². The van der Waals surface area contributed by atoms with Crippen molar-refractivity contribution in [2.75, 3.05) is 23.7 Å². The number of nitrogens with one attached hydrogen (secondary N) is 3. The van der Waals surface area contributed by atoms with Crippen molar-refractivity contribution in [1.29, 1.82) is 0 Å². The van der Waals surface area contributed by atoms with Crippen molar-refractivity contribution in [2.45, 2.75) is 40.0 Å². The van der Waals surface area contributed by atoms with Crippen molar-refractivity contribution in [2.24, 2.45) is 0 Å². The van der Waals surface area contributed by atoms with E-state index in [9.17, 15) is 9.59 Å². The lowest BCUT2D eigenvalue weighted by Gasteiger charge is -2.14. The van der Waals surface area contributed by atoms with Gasteiger partial charge in [0, 0.05) is 24.3 Å². The van der Waals surface area contributed by atoms with Gasteiger partial charge in [-0.2, -0.15) is 0 Å². The summed E-state index contributed by atoms with van der Waals surface area (Å²) in [4.78, 5) is 23.3. The summed E-state index contributed by atoms with van der Waals surface area (Å²) in [6, 6.07) is 5.63. The van der Waals surface area contributed by atoms with Crippen LogP contribution < -0.4 is 16.0 Å². The third-order valence-electron chi connectivity index (χ3n) is 3.10. The lowest BCUT2D eigenvalue weighted by molar-refractivity contribution is -0.119. The number of amides is 2. The van der Waals surface area contributed by atoms with Crippen LogP contribution in [0, 0.1) is 6.92 Å². The molecule has 0 saturated carbocycles. The molecule has 2 amide bonds. The van der Waals surface area contributed by atoms with Crippen molar-refractivity contribution in [3.63, 3.8) is 0 Å². The van der Waals surface area contributed by atoms with Crippen LogP contribution in [0.15, 0.2) is 18.2 Å². The molecule has 1 rings (SSSR count). The molecule has 21 heavy (non-hydrogen) atoms. The van der Waals surface area contributed by atoms with Crippen LogP contribution in [-0.2, 0) is 9.59 Å². The zero-order valence-electron chi connectivity index (χ0n) is 13.1. The van der Waals surface area contributed by atoms with E-state index >= 15 is 0 Å².